The van der Waals surface area contributed by atoms with Gasteiger partial charge < -0.3 is 20.7 Å². The van der Waals surface area contributed by atoms with Crippen LogP contribution in [-0.2, 0) is 11.2 Å². The minimum Gasteiger partial charge on any atom is -0.493 e. The maximum absolute atomic E-state index is 13.2. The number of anilines is 3. The average molecular weight is 494 g/mol. The van der Waals surface area contributed by atoms with Crippen molar-refractivity contribution in [2.45, 2.75) is 58.5 Å². The molecular weight excluding hydrogens is 449 g/mol. The van der Waals surface area contributed by atoms with E-state index < -0.39 is 0 Å². The van der Waals surface area contributed by atoms with E-state index in [1.54, 1.807) is 6.07 Å². The zero-order valence-corrected chi connectivity index (χ0v) is 22.6. The molecule has 4 rings (SSSR count). The molecule has 2 fully saturated rings. The molecule has 0 atom stereocenters. The van der Waals surface area contributed by atoms with E-state index in [-0.39, 0.29) is 11.4 Å². The minimum absolute atomic E-state index is 0.248. The Labute approximate surface area is 217 Å². The molecule has 1 spiro atoms. The van der Waals surface area contributed by atoms with E-state index in [1.807, 2.05) is 40.0 Å². The normalized spacial score (nSPS) is 15.5. The Bertz CT molecular complexity index is 1030. The molecule has 0 radical (unpaired) electrons. The number of piperidine rings is 1. The quantitative estimate of drug-likeness (QED) is 0.245. The Balaban J connectivity index is 0.000000237. The van der Waals surface area contributed by atoms with Gasteiger partial charge in [-0.15, -0.1) is 13.2 Å². The van der Waals surface area contributed by atoms with Gasteiger partial charge in [0.25, 0.3) is 0 Å². The number of allylic oxidation sites excluding steroid dienone is 1. The van der Waals surface area contributed by atoms with Crippen molar-refractivity contribution >= 4 is 23.1 Å². The predicted molar refractivity (Wildman–Crippen MR) is 155 cm³/mol. The van der Waals surface area contributed by atoms with Gasteiger partial charge in [-0.05, 0) is 93.3 Å². The summed E-state index contributed by atoms with van der Waals surface area (Å²) in [5.74, 6) is 0.391. The second-order valence-electron chi connectivity index (χ2n) is 10.5. The molecule has 0 unspecified atom stereocenters. The summed E-state index contributed by atoms with van der Waals surface area (Å²) >= 11 is 0. The van der Waals surface area contributed by atoms with Gasteiger partial charge in [0.15, 0.2) is 0 Å². The summed E-state index contributed by atoms with van der Waals surface area (Å²) in [6, 6.07) is 10.9. The highest BCUT2D eigenvalue weighted by Crippen LogP contribution is 2.54. The second kappa shape index (κ2) is 12.7. The molecule has 3 N–H and O–H groups in total. The number of nitrogens with one attached hydrogen (secondary N) is 1. The standard InChI is InChI=1S/C15H20N2.C14H20FNO.C2H4/c1-2-12-3-4-14(13(16)11-12)17-9-7-15(5-6-15)8-10-17;1-10(17-14(2,3)4)8-11-9-12(15)6-7-13(11)16-5;1-2/h2-4,11H,1,5-10,16H2;6-7,9,16H,1,8H2,2-5H3;1-2H2. The van der Waals surface area contributed by atoms with Gasteiger partial charge in [-0.1, -0.05) is 25.3 Å². The molecule has 1 heterocycles. The fourth-order valence-corrected chi connectivity index (χ4v) is 4.52. The Morgan fingerprint density at radius 1 is 1.11 bits per heavy atom. The van der Waals surface area contributed by atoms with Gasteiger partial charge in [0.2, 0.25) is 0 Å². The van der Waals surface area contributed by atoms with Crippen LogP contribution in [0.1, 0.15) is 57.6 Å². The molecule has 2 aromatic carbocycles. The van der Waals surface area contributed by atoms with E-state index in [2.05, 4.69) is 48.7 Å². The van der Waals surface area contributed by atoms with Crippen LogP contribution in [0.25, 0.3) is 6.08 Å². The number of nitrogens with two attached hydrogens (primary N) is 1. The first kappa shape index (κ1) is 29.0. The third-order valence-electron chi connectivity index (χ3n) is 6.58. The lowest BCUT2D eigenvalue weighted by Crippen LogP contribution is -2.34. The van der Waals surface area contributed by atoms with E-state index in [0.29, 0.717) is 12.2 Å². The highest BCUT2D eigenvalue weighted by Gasteiger charge is 2.44. The molecule has 1 aliphatic heterocycles. The predicted octanol–water partition coefficient (Wildman–Crippen LogP) is 7.83. The minimum atomic E-state index is -0.274. The lowest BCUT2D eigenvalue weighted by molar-refractivity contribution is 0.0501. The topological polar surface area (TPSA) is 50.5 Å². The summed E-state index contributed by atoms with van der Waals surface area (Å²) in [4.78, 5) is 2.44. The maximum atomic E-state index is 13.2. The zero-order valence-electron chi connectivity index (χ0n) is 22.6. The van der Waals surface area contributed by atoms with Crippen molar-refractivity contribution in [3.63, 3.8) is 0 Å². The van der Waals surface area contributed by atoms with Gasteiger partial charge >= 0.3 is 0 Å². The first-order valence-electron chi connectivity index (χ1n) is 12.6. The number of rotatable bonds is 6. The van der Waals surface area contributed by atoms with Crippen LogP contribution in [0.15, 0.2) is 68.5 Å². The molecular formula is C31H44FN3O. The summed E-state index contributed by atoms with van der Waals surface area (Å²) in [5.41, 5.74) is 11.5. The Morgan fingerprint density at radius 3 is 2.25 bits per heavy atom. The van der Waals surface area contributed by atoms with Crippen LogP contribution in [-0.4, -0.2) is 25.7 Å². The molecule has 1 saturated carbocycles. The summed E-state index contributed by atoms with van der Waals surface area (Å²) in [6.07, 6.45) is 7.93. The lowest BCUT2D eigenvalue weighted by atomic mass is 9.93. The first-order valence-corrected chi connectivity index (χ1v) is 12.6. The van der Waals surface area contributed by atoms with Crippen LogP contribution in [0.3, 0.4) is 0 Å². The molecule has 2 aromatic rings. The van der Waals surface area contributed by atoms with Gasteiger partial charge in [-0.3, -0.25) is 0 Å². The van der Waals surface area contributed by atoms with Gasteiger partial charge in [-0.25, -0.2) is 4.39 Å². The second-order valence-corrected chi connectivity index (χ2v) is 10.5. The van der Waals surface area contributed by atoms with E-state index in [9.17, 15) is 4.39 Å². The van der Waals surface area contributed by atoms with Crippen LogP contribution >= 0.6 is 0 Å². The monoisotopic (exact) mass is 493 g/mol. The molecule has 196 valence electrons. The number of benzene rings is 2. The van der Waals surface area contributed by atoms with Crippen LogP contribution in [0.2, 0.25) is 0 Å². The molecule has 2 aliphatic rings. The lowest BCUT2D eigenvalue weighted by Gasteiger charge is -2.34. The SMILES string of the molecule is C=C.C=C(Cc1cc(F)ccc1NC)OC(C)(C)C.C=Cc1ccc(N2CCC3(CC2)CC3)c(N)c1. The van der Waals surface area contributed by atoms with E-state index in [4.69, 9.17) is 10.5 Å². The van der Waals surface area contributed by atoms with Crippen LogP contribution in [0, 0.1) is 11.2 Å². The number of ether oxygens (including phenoxy) is 1. The van der Waals surface area contributed by atoms with Gasteiger partial charge in [0.05, 0.1) is 17.1 Å². The Kier molecular flexibility index (Phi) is 10.2. The third-order valence-corrected chi connectivity index (χ3v) is 6.58. The zero-order chi connectivity index (χ0) is 26.9. The number of nitrogens with zero attached hydrogens (tertiary/aromatic N) is 1. The van der Waals surface area contributed by atoms with Gasteiger partial charge in [-0.2, -0.15) is 0 Å². The van der Waals surface area contributed by atoms with Gasteiger partial charge in [0.1, 0.15) is 11.4 Å². The first-order chi connectivity index (χ1) is 17.0. The van der Waals surface area contributed by atoms with E-state index in [0.717, 1.165) is 41.0 Å². The molecule has 4 nitrogen and oxygen atoms in total. The number of hydrogen-bond acceptors (Lipinski definition) is 4. The molecule has 0 aromatic heterocycles. The number of halogens is 1. The molecule has 5 heteroatoms. The van der Waals surface area contributed by atoms with E-state index >= 15 is 0 Å². The molecule has 36 heavy (non-hydrogen) atoms. The highest BCUT2D eigenvalue weighted by atomic mass is 19.1. The largest absolute Gasteiger partial charge is 0.493 e. The Hall–Kier alpha value is -3.21. The van der Waals surface area contributed by atoms with E-state index in [1.165, 1.54) is 43.5 Å². The highest BCUT2D eigenvalue weighted by molar-refractivity contribution is 5.71. The van der Waals surface area contributed by atoms with Crippen molar-refractivity contribution in [3.05, 3.63) is 85.4 Å². The Morgan fingerprint density at radius 2 is 1.75 bits per heavy atom. The summed E-state index contributed by atoms with van der Waals surface area (Å²) in [6.45, 7) is 21.9. The van der Waals surface area contributed by atoms with Crippen molar-refractivity contribution in [3.8, 4) is 0 Å². The average Bonchev–Trinajstić information content (AvgIpc) is 3.59. The van der Waals surface area contributed by atoms with Crippen molar-refractivity contribution in [1.82, 2.24) is 0 Å². The van der Waals surface area contributed by atoms with Crippen LogP contribution < -0.4 is 16.0 Å². The smallest absolute Gasteiger partial charge is 0.123 e. The van der Waals surface area contributed by atoms with Crippen LogP contribution in [0.4, 0.5) is 21.5 Å². The fourth-order valence-electron chi connectivity index (χ4n) is 4.52. The van der Waals surface area contributed by atoms with Crippen LogP contribution in [0.5, 0.6) is 0 Å². The molecule has 1 aliphatic carbocycles. The van der Waals surface area contributed by atoms with Gasteiger partial charge in [0, 0.05) is 32.2 Å². The number of nitrogen functional groups attached to an aromatic ring is 1. The molecule has 0 amide bonds. The summed E-state index contributed by atoms with van der Waals surface area (Å²) < 4.78 is 18.8. The number of hydrogen-bond donors (Lipinski definition) is 2. The fraction of sp³-hybridized carbons (Fsp3) is 0.419. The van der Waals surface area contributed by atoms with Crippen molar-refractivity contribution in [2.75, 3.05) is 36.1 Å². The van der Waals surface area contributed by atoms with Crippen molar-refractivity contribution < 1.29 is 9.13 Å². The molecule has 1 saturated heterocycles. The third kappa shape index (κ3) is 8.47. The summed E-state index contributed by atoms with van der Waals surface area (Å²) in [7, 11) is 1.81. The summed E-state index contributed by atoms with van der Waals surface area (Å²) in [5, 5.41) is 3.03. The molecule has 0 bridgehead atoms. The maximum Gasteiger partial charge on any atom is 0.123 e. The van der Waals surface area contributed by atoms with Crippen molar-refractivity contribution in [1.29, 1.82) is 0 Å². The van der Waals surface area contributed by atoms with Crippen molar-refractivity contribution in [2.24, 2.45) is 5.41 Å².